The topological polar surface area (TPSA) is 102 Å². The van der Waals surface area contributed by atoms with Crippen LogP contribution < -0.4 is 16.2 Å². The molecule has 0 radical (unpaired) electrons. The molecule has 0 aliphatic heterocycles. The lowest BCUT2D eigenvalue weighted by atomic mass is 10.2. The van der Waals surface area contributed by atoms with Crippen LogP contribution in [0, 0.1) is 5.82 Å². The van der Waals surface area contributed by atoms with E-state index < -0.39 is 23.4 Å². The fourth-order valence-corrected chi connectivity index (χ4v) is 4.11. The Balaban J connectivity index is 1.78. The Labute approximate surface area is 195 Å². The van der Waals surface area contributed by atoms with Crippen molar-refractivity contribution < 1.29 is 18.7 Å². The number of aromatic nitrogens is 2. The van der Waals surface area contributed by atoms with Crippen LogP contribution in [-0.2, 0) is 4.74 Å². The van der Waals surface area contributed by atoms with Crippen LogP contribution >= 0.6 is 22.9 Å². The minimum atomic E-state index is -0.728. The molecule has 4 aromatic rings. The van der Waals surface area contributed by atoms with Gasteiger partial charge < -0.3 is 10.1 Å². The number of esters is 1. The molecule has 0 saturated carbocycles. The highest BCUT2D eigenvalue weighted by atomic mass is 35.5. The van der Waals surface area contributed by atoms with Crippen molar-refractivity contribution in [1.82, 2.24) is 9.78 Å². The molecule has 2 aromatic heterocycles. The number of rotatable bonds is 5. The highest BCUT2D eigenvalue weighted by Gasteiger charge is 2.23. The van der Waals surface area contributed by atoms with Crippen molar-refractivity contribution in [2.24, 2.45) is 0 Å². The van der Waals surface area contributed by atoms with Gasteiger partial charge in [0.1, 0.15) is 10.8 Å². The second-order valence-electron chi connectivity index (χ2n) is 6.70. The summed E-state index contributed by atoms with van der Waals surface area (Å²) in [5, 5.41) is 12.0. The van der Waals surface area contributed by atoms with Gasteiger partial charge in [0, 0.05) is 21.5 Å². The Morgan fingerprint density at radius 1 is 1.12 bits per heavy atom. The first-order valence-electron chi connectivity index (χ1n) is 9.68. The first-order chi connectivity index (χ1) is 15.9. The molecule has 0 spiro atoms. The quantitative estimate of drug-likeness (QED) is 0.384. The smallest absolute Gasteiger partial charge is 0.359 e. The van der Waals surface area contributed by atoms with Gasteiger partial charge in [-0.25, -0.2) is 14.0 Å². The highest BCUT2D eigenvalue weighted by molar-refractivity contribution is 7.16. The SMILES string of the molecule is CCOC(=O)c1nn(-c2ccc(F)cc2)c(=O)c2c(NC(=O)Nc3ccc(Cl)cc3)scc12. The number of nitrogens with zero attached hydrogens (tertiary/aromatic N) is 2. The number of hydrogen-bond acceptors (Lipinski definition) is 6. The maximum atomic E-state index is 13.4. The average Bonchev–Trinajstić information content (AvgIpc) is 3.20. The summed E-state index contributed by atoms with van der Waals surface area (Å²) in [7, 11) is 0. The van der Waals surface area contributed by atoms with Gasteiger partial charge in [-0.3, -0.25) is 10.1 Å². The van der Waals surface area contributed by atoms with Crippen LogP contribution in [0.1, 0.15) is 17.4 Å². The number of benzene rings is 2. The summed E-state index contributed by atoms with van der Waals surface area (Å²) in [5.41, 5.74) is 0.0536. The number of fused-ring (bicyclic) bond motifs is 1. The minimum Gasteiger partial charge on any atom is -0.461 e. The zero-order valence-electron chi connectivity index (χ0n) is 17.1. The van der Waals surface area contributed by atoms with E-state index in [9.17, 15) is 18.8 Å². The molecule has 168 valence electrons. The fourth-order valence-electron chi connectivity index (χ4n) is 3.05. The van der Waals surface area contributed by atoms with E-state index in [1.165, 1.54) is 24.3 Å². The average molecular weight is 487 g/mol. The van der Waals surface area contributed by atoms with Crippen molar-refractivity contribution >= 4 is 56.4 Å². The molecule has 0 fully saturated rings. The number of ether oxygens (including phenoxy) is 1. The van der Waals surface area contributed by atoms with Crippen molar-refractivity contribution in [3.8, 4) is 5.69 Å². The number of nitrogens with one attached hydrogen (secondary N) is 2. The second-order valence-corrected chi connectivity index (χ2v) is 8.02. The predicted molar refractivity (Wildman–Crippen MR) is 125 cm³/mol. The standard InChI is InChI=1S/C22H16ClFN4O4S/c1-2-32-21(30)18-16-11-33-19(26-22(31)25-14-7-3-12(23)4-8-14)17(16)20(29)28(27-18)15-9-5-13(24)6-10-15/h3-11H,2H2,1H3,(H2,25,26,31). The summed E-state index contributed by atoms with van der Waals surface area (Å²) in [4.78, 5) is 38.3. The van der Waals surface area contributed by atoms with Crippen LogP contribution in [-0.4, -0.2) is 28.4 Å². The summed E-state index contributed by atoms with van der Waals surface area (Å²) in [6, 6.07) is 11.0. The zero-order chi connectivity index (χ0) is 23.5. The lowest BCUT2D eigenvalue weighted by molar-refractivity contribution is 0.0520. The van der Waals surface area contributed by atoms with Crippen molar-refractivity contribution in [2.75, 3.05) is 17.2 Å². The first-order valence-corrected chi connectivity index (χ1v) is 10.9. The zero-order valence-corrected chi connectivity index (χ0v) is 18.7. The maximum absolute atomic E-state index is 13.4. The normalized spacial score (nSPS) is 10.8. The number of amides is 2. The van der Waals surface area contributed by atoms with E-state index in [1.807, 2.05) is 0 Å². The van der Waals surface area contributed by atoms with Gasteiger partial charge in [0.25, 0.3) is 5.56 Å². The van der Waals surface area contributed by atoms with E-state index in [2.05, 4.69) is 15.7 Å². The molecule has 0 saturated heterocycles. The van der Waals surface area contributed by atoms with Gasteiger partial charge in [0.05, 0.1) is 17.7 Å². The number of urea groups is 1. The van der Waals surface area contributed by atoms with E-state index >= 15 is 0 Å². The molecule has 0 atom stereocenters. The molecule has 0 unspecified atom stereocenters. The molecular formula is C22H16ClFN4O4S. The second kappa shape index (κ2) is 9.39. The first kappa shape index (κ1) is 22.4. The van der Waals surface area contributed by atoms with Gasteiger partial charge in [0.2, 0.25) is 0 Å². The van der Waals surface area contributed by atoms with E-state index in [-0.39, 0.29) is 33.8 Å². The summed E-state index contributed by atoms with van der Waals surface area (Å²) in [6.45, 7) is 1.75. The number of anilines is 2. The van der Waals surface area contributed by atoms with E-state index in [1.54, 1.807) is 36.6 Å². The van der Waals surface area contributed by atoms with Gasteiger partial charge >= 0.3 is 12.0 Å². The fraction of sp³-hybridized carbons (Fsp3) is 0.0909. The molecule has 8 nitrogen and oxygen atoms in total. The molecule has 11 heteroatoms. The van der Waals surface area contributed by atoms with E-state index in [4.69, 9.17) is 16.3 Å². The highest BCUT2D eigenvalue weighted by Crippen LogP contribution is 2.31. The molecule has 0 bridgehead atoms. The lowest BCUT2D eigenvalue weighted by Crippen LogP contribution is -2.26. The molecule has 4 rings (SSSR count). The third kappa shape index (κ3) is 4.71. The van der Waals surface area contributed by atoms with Crippen LogP contribution in [0.15, 0.2) is 58.7 Å². The molecule has 2 N–H and O–H groups in total. The Hall–Kier alpha value is -3.76. The van der Waals surface area contributed by atoms with Gasteiger partial charge in [0.15, 0.2) is 5.69 Å². The summed E-state index contributed by atoms with van der Waals surface area (Å²) < 4.78 is 19.4. The minimum absolute atomic E-state index is 0.0774. The third-order valence-electron chi connectivity index (χ3n) is 4.52. The molecule has 2 heterocycles. The Bertz CT molecular complexity index is 1400. The largest absolute Gasteiger partial charge is 0.461 e. The molecule has 2 aromatic carbocycles. The maximum Gasteiger partial charge on any atom is 0.359 e. The summed E-state index contributed by atoms with van der Waals surface area (Å²) in [5.74, 6) is -1.22. The molecule has 0 aliphatic carbocycles. The van der Waals surface area contributed by atoms with Crippen molar-refractivity contribution in [3.05, 3.63) is 80.8 Å². The Morgan fingerprint density at radius 2 is 1.82 bits per heavy atom. The van der Waals surface area contributed by atoms with Gasteiger partial charge in [-0.2, -0.15) is 9.78 Å². The van der Waals surface area contributed by atoms with Crippen LogP contribution in [0.2, 0.25) is 5.02 Å². The van der Waals surface area contributed by atoms with Gasteiger partial charge in [-0.1, -0.05) is 11.6 Å². The summed E-state index contributed by atoms with van der Waals surface area (Å²) in [6.07, 6.45) is 0. The number of hydrogen-bond donors (Lipinski definition) is 2. The van der Waals surface area contributed by atoms with Crippen molar-refractivity contribution in [2.45, 2.75) is 6.92 Å². The van der Waals surface area contributed by atoms with Crippen LogP contribution in [0.5, 0.6) is 0 Å². The Kier molecular flexibility index (Phi) is 6.38. The molecule has 33 heavy (non-hydrogen) atoms. The van der Waals surface area contributed by atoms with E-state index in [0.717, 1.165) is 16.0 Å². The monoisotopic (exact) mass is 486 g/mol. The molecule has 2 amide bonds. The Morgan fingerprint density at radius 3 is 2.48 bits per heavy atom. The number of carbonyl (C=O) groups excluding carboxylic acids is 2. The predicted octanol–water partition coefficient (Wildman–Crippen LogP) is 5.06. The van der Waals surface area contributed by atoms with Crippen LogP contribution in [0.3, 0.4) is 0 Å². The van der Waals surface area contributed by atoms with Crippen molar-refractivity contribution in [3.63, 3.8) is 0 Å². The third-order valence-corrected chi connectivity index (χ3v) is 5.67. The number of thiophene rings is 1. The van der Waals surface area contributed by atoms with Gasteiger partial charge in [-0.15, -0.1) is 11.3 Å². The number of carbonyl (C=O) groups is 2. The molecular weight excluding hydrogens is 471 g/mol. The summed E-state index contributed by atoms with van der Waals surface area (Å²) >= 11 is 6.91. The van der Waals surface area contributed by atoms with Crippen molar-refractivity contribution in [1.29, 1.82) is 0 Å². The van der Waals surface area contributed by atoms with Gasteiger partial charge in [-0.05, 0) is 55.5 Å². The lowest BCUT2D eigenvalue weighted by Gasteiger charge is -2.10. The number of halogens is 2. The molecule has 0 aliphatic rings. The van der Waals surface area contributed by atoms with Crippen LogP contribution in [0.4, 0.5) is 19.9 Å². The van der Waals surface area contributed by atoms with E-state index in [0.29, 0.717) is 10.7 Å². The van der Waals surface area contributed by atoms with Crippen LogP contribution in [0.25, 0.3) is 16.5 Å².